The molecule has 1 N–H and O–H groups in total. The summed E-state index contributed by atoms with van der Waals surface area (Å²) in [5.41, 5.74) is 3.50. The number of hydrogen-bond donors (Lipinski definition) is 1. The summed E-state index contributed by atoms with van der Waals surface area (Å²) in [6.07, 6.45) is 6.03. The van der Waals surface area contributed by atoms with Crippen molar-refractivity contribution in [2.45, 2.75) is 32.4 Å². The predicted octanol–water partition coefficient (Wildman–Crippen LogP) is 4.26. The zero-order valence-corrected chi connectivity index (χ0v) is 15.0. The lowest BCUT2D eigenvalue weighted by atomic mass is 10.1. The van der Waals surface area contributed by atoms with Gasteiger partial charge in [-0.1, -0.05) is 12.1 Å². The summed E-state index contributed by atoms with van der Waals surface area (Å²) in [6.45, 7) is 4.03. The van der Waals surface area contributed by atoms with Gasteiger partial charge in [0, 0.05) is 30.7 Å². The lowest BCUT2D eigenvalue weighted by Gasteiger charge is -2.25. The number of nitrogens with one attached hydrogen (secondary N) is 1. The molecule has 0 amide bonds. The summed E-state index contributed by atoms with van der Waals surface area (Å²) >= 11 is 0. The van der Waals surface area contributed by atoms with Crippen LogP contribution in [0, 0.1) is 6.92 Å². The van der Waals surface area contributed by atoms with Crippen LogP contribution >= 0.6 is 0 Å². The van der Waals surface area contributed by atoms with Crippen LogP contribution in [-0.2, 0) is 6.54 Å². The van der Waals surface area contributed by atoms with E-state index < -0.39 is 0 Å². The molecule has 1 atom stereocenters. The fourth-order valence-electron chi connectivity index (χ4n) is 3.58. The molecule has 1 saturated heterocycles. The van der Waals surface area contributed by atoms with Crippen molar-refractivity contribution in [2.24, 2.45) is 0 Å². The third kappa shape index (κ3) is 3.89. The van der Waals surface area contributed by atoms with Crippen molar-refractivity contribution in [1.29, 1.82) is 0 Å². The standard InChI is InChI=1S/C21H23N5/c1-16-6-4-7-18(24-16)15-26-13-5-8-19(26)17-10-12-23-21(14-17)25-20-9-2-3-11-22-20/h2-4,6-7,9-12,14,19H,5,8,13,15H2,1H3,(H,22,23,25). The Morgan fingerprint density at radius 3 is 2.81 bits per heavy atom. The molecule has 4 heterocycles. The van der Waals surface area contributed by atoms with Gasteiger partial charge in [-0.3, -0.25) is 9.88 Å². The van der Waals surface area contributed by atoms with Crippen molar-refractivity contribution in [3.63, 3.8) is 0 Å². The predicted molar refractivity (Wildman–Crippen MR) is 103 cm³/mol. The molecule has 5 heteroatoms. The summed E-state index contributed by atoms with van der Waals surface area (Å²) < 4.78 is 0. The second kappa shape index (κ2) is 7.62. The van der Waals surface area contributed by atoms with Gasteiger partial charge in [0.2, 0.25) is 0 Å². The monoisotopic (exact) mass is 345 g/mol. The third-order valence-corrected chi connectivity index (χ3v) is 4.76. The van der Waals surface area contributed by atoms with Crippen LogP contribution in [0.2, 0.25) is 0 Å². The Labute approximate surface area is 154 Å². The van der Waals surface area contributed by atoms with Crippen LogP contribution in [0.5, 0.6) is 0 Å². The van der Waals surface area contributed by atoms with Gasteiger partial charge in [0.25, 0.3) is 0 Å². The van der Waals surface area contributed by atoms with Crippen molar-refractivity contribution in [1.82, 2.24) is 19.9 Å². The topological polar surface area (TPSA) is 53.9 Å². The Balaban J connectivity index is 1.51. The second-order valence-corrected chi connectivity index (χ2v) is 6.71. The normalized spacial score (nSPS) is 17.3. The van der Waals surface area contributed by atoms with E-state index in [1.165, 1.54) is 18.4 Å². The number of aryl methyl sites for hydroxylation is 1. The van der Waals surface area contributed by atoms with E-state index in [-0.39, 0.29) is 0 Å². The van der Waals surface area contributed by atoms with Gasteiger partial charge < -0.3 is 5.32 Å². The summed E-state index contributed by atoms with van der Waals surface area (Å²) in [6, 6.07) is 16.7. The molecule has 0 spiro atoms. The number of rotatable bonds is 5. The molecular weight excluding hydrogens is 322 g/mol. The maximum Gasteiger partial charge on any atom is 0.131 e. The molecule has 4 rings (SSSR count). The van der Waals surface area contributed by atoms with E-state index in [4.69, 9.17) is 0 Å². The van der Waals surface area contributed by atoms with Gasteiger partial charge in [0.15, 0.2) is 0 Å². The molecule has 1 aliphatic rings. The van der Waals surface area contributed by atoms with E-state index >= 15 is 0 Å². The Kier molecular flexibility index (Phi) is 4.88. The molecule has 5 nitrogen and oxygen atoms in total. The highest BCUT2D eigenvalue weighted by atomic mass is 15.2. The minimum absolute atomic E-state index is 0.407. The van der Waals surface area contributed by atoms with Gasteiger partial charge in [-0.15, -0.1) is 0 Å². The molecule has 0 aromatic carbocycles. The zero-order valence-electron chi connectivity index (χ0n) is 15.0. The van der Waals surface area contributed by atoms with Crippen LogP contribution in [0.1, 0.15) is 35.8 Å². The van der Waals surface area contributed by atoms with Gasteiger partial charge in [-0.25, -0.2) is 9.97 Å². The molecule has 1 fully saturated rings. The maximum absolute atomic E-state index is 4.66. The van der Waals surface area contributed by atoms with Crippen molar-refractivity contribution in [3.8, 4) is 0 Å². The summed E-state index contributed by atoms with van der Waals surface area (Å²) in [7, 11) is 0. The highest BCUT2D eigenvalue weighted by Crippen LogP contribution is 2.33. The molecule has 3 aromatic rings. The Bertz CT molecular complexity index is 865. The molecule has 1 aliphatic heterocycles. The van der Waals surface area contributed by atoms with E-state index in [1.807, 2.05) is 37.4 Å². The van der Waals surface area contributed by atoms with Crippen molar-refractivity contribution < 1.29 is 0 Å². The minimum atomic E-state index is 0.407. The highest BCUT2D eigenvalue weighted by molar-refractivity contribution is 5.52. The fraction of sp³-hybridized carbons (Fsp3) is 0.286. The first-order valence-electron chi connectivity index (χ1n) is 9.08. The first kappa shape index (κ1) is 16.7. The molecule has 0 saturated carbocycles. The molecular formula is C21H23N5. The lowest BCUT2D eigenvalue weighted by Crippen LogP contribution is -2.23. The average molecular weight is 345 g/mol. The van der Waals surface area contributed by atoms with Crippen LogP contribution in [0.15, 0.2) is 60.9 Å². The molecule has 3 aromatic heterocycles. The summed E-state index contributed by atoms with van der Waals surface area (Å²) in [5.74, 6) is 1.64. The van der Waals surface area contributed by atoms with Gasteiger partial charge in [-0.05, 0) is 68.3 Å². The Morgan fingerprint density at radius 1 is 1.04 bits per heavy atom. The van der Waals surface area contributed by atoms with Crippen LogP contribution in [0.25, 0.3) is 0 Å². The quantitative estimate of drug-likeness (QED) is 0.749. The van der Waals surface area contributed by atoms with Crippen molar-refractivity contribution in [2.75, 3.05) is 11.9 Å². The number of likely N-dealkylation sites (tertiary alicyclic amines) is 1. The van der Waals surface area contributed by atoms with E-state index in [0.717, 1.165) is 36.1 Å². The first-order valence-corrected chi connectivity index (χ1v) is 9.08. The smallest absolute Gasteiger partial charge is 0.131 e. The zero-order chi connectivity index (χ0) is 17.8. The molecule has 132 valence electrons. The van der Waals surface area contributed by atoms with Gasteiger partial charge >= 0.3 is 0 Å². The average Bonchev–Trinajstić information content (AvgIpc) is 3.11. The van der Waals surface area contributed by atoms with Gasteiger partial charge in [0.05, 0.1) is 5.69 Å². The SMILES string of the molecule is Cc1cccc(CN2CCCC2c2ccnc(Nc3ccccn3)c2)n1. The van der Waals surface area contributed by atoms with E-state index in [2.05, 4.69) is 49.4 Å². The van der Waals surface area contributed by atoms with Crippen LogP contribution < -0.4 is 5.32 Å². The van der Waals surface area contributed by atoms with Crippen molar-refractivity contribution >= 4 is 11.6 Å². The number of nitrogens with zero attached hydrogens (tertiary/aromatic N) is 4. The van der Waals surface area contributed by atoms with E-state index in [0.29, 0.717) is 6.04 Å². The van der Waals surface area contributed by atoms with Gasteiger partial charge in [-0.2, -0.15) is 0 Å². The molecule has 1 unspecified atom stereocenters. The molecule has 26 heavy (non-hydrogen) atoms. The summed E-state index contributed by atoms with van der Waals surface area (Å²) in [4.78, 5) is 15.9. The highest BCUT2D eigenvalue weighted by Gasteiger charge is 2.26. The maximum atomic E-state index is 4.66. The van der Waals surface area contributed by atoms with Crippen LogP contribution in [-0.4, -0.2) is 26.4 Å². The molecule has 0 radical (unpaired) electrons. The number of anilines is 2. The van der Waals surface area contributed by atoms with Crippen molar-refractivity contribution in [3.05, 3.63) is 77.9 Å². The number of hydrogen-bond acceptors (Lipinski definition) is 5. The van der Waals surface area contributed by atoms with Gasteiger partial charge in [0.1, 0.15) is 11.6 Å². The second-order valence-electron chi connectivity index (χ2n) is 6.71. The Hall–Kier alpha value is -2.79. The third-order valence-electron chi connectivity index (χ3n) is 4.76. The fourth-order valence-corrected chi connectivity index (χ4v) is 3.58. The number of pyridine rings is 3. The molecule has 0 bridgehead atoms. The summed E-state index contributed by atoms with van der Waals surface area (Å²) in [5, 5.41) is 3.29. The van der Waals surface area contributed by atoms with E-state index in [9.17, 15) is 0 Å². The largest absolute Gasteiger partial charge is 0.325 e. The number of aromatic nitrogens is 3. The molecule has 0 aliphatic carbocycles. The minimum Gasteiger partial charge on any atom is -0.325 e. The van der Waals surface area contributed by atoms with Crippen LogP contribution in [0.3, 0.4) is 0 Å². The first-order chi connectivity index (χ1) is 12.8. The Morgan fingerprint density at radius 2 is 1.96 bits per heavy atom. The lowest BCUT2D eigenvalue weighted by molar-refractivity contribution is 0.245. The van der Waals surface area contributed by atoms with Crippen LogP contribution in [0.4, 0.5) is 11.6 Å². The van der Waals surface area contributed by atoms with E-state index in [1.54, 1.807) is 6.20 Å².